The molecule has 21 heavy (non-hydrogen) atoms. The SMILES string of the molecule is CCC(C)CN(C)C(=O)NCC(C(=O)O)c1ccccc1. The number of benzene rings is 1. The molecule has 0 spiro atoms. The van der Waals surface area contributed by atoms with Gasteiger partial charge in [-0.2, -0.15) is 0 Å². The fourth-order valence-electron chi connectivity index (χ4n) is 2.04. The van der Waals surface area contributed by atoms with Gasteiger partial charge in [0, 0.05) is 20.1 Å². The third-order valence-electron chi connectivity index (χ3n) is 3.59. The molecule has 0 fully saturated rings. The third kappa shape index (κ3) is 5.45. The second kappa shape index (κ2) is 8.29. The van der Waals surface area contributed by atoms with Gasteiger partial charge in [-0.05, 0) is 11.5 Å². The van der Waals surface area contributed by atoms with Crippen LogP contribution in [0.15, 0.2) is 30.3 Å². The van der Waals surface area contributed by atoms with Crippen LogP contribution >= 0.6 is 0 Å². The van der Waals surface area contributed by atoms with E-state index in [9.17, 15) is 14.7 Å². The van der Waals surface area contributed by atoms with E-state index in [1.54, 1.807) is 36.2 Å². The molecule has 2 unspecified atom stereocenters. The highest BCUT2D eigenvalue weighted by Gasteiger charge is 2.21. The first-order chi connectivity index (χ1) is 9.95. The summed E-state index contributed by atoms with van der Waals surface area (Å²) in [5.41, 5.74) is 0.690. The number of carbonyl (C=O) groups is 2. The van der Waals surface area contributed by atoms with Crippen molar-refractivity contribution in [2.24, 2.45) is 5.92 Å². The van der Waals surface area contributed by atoms with E-state index in [2.05, 4.69) is 19.2 Å². The lowest BCUT2D eigenvalue weighted by Crippen LogP contribution is -2.42. The molecule has 0 saturated carbocycles. The van der Waals surface area contributed by atoms with Crippen LogP contribution in [0.25, 0.3) is 0 Å². The molecule has 0 bridgehead atoms. The molecule has 5 heteroatoms. The van der Waals surface area contributed by atoms with E-state index in [1.807, 2.05) is 6.07 Å². The summed E-state index contributed by atoms with van der Waals surface area (Å²) in [5, 5.41) is 12.0. The molecule has 0 aromatic heterocycles. The van der Waals surface area contributed by atoms with Gasteiger partial charge in [-0.15, -0.1) is 0 Å². The number of carboxylic acid groups (broad SMARTS) is 1. The first-order valence-corrected chi connectivity index (χ1v) is 7.22. The Morgan fingerprint density at radius 2 is 1.90 bits per heavy atom. The Hall–Kier alpha value is -2.04. The van der Waals surface area contributed by atoms with Crippen LogP contribution in [0.1, 0.15) is 31.7 Å². The molecule has 116 valence electrons. The van der Waals surface area contributed by atoms with E-state index < -0.39 is 11.9 Å². The van der Waals surface area contributed by atoms with Gasteiger partial charge in [-0.1, -0.05) is 50.6 Å². The Morgan fingerprint density at radius 3 is 2.43 bits per heavy atom. The van der Waals surface area contributed by atoms with Crippen molar-refractivity contribution >= 4 is 12.0 Å². The quantitative estimate of drug-likeness (QED) is 0.811. The fourth-order valence-corrected chi connectivity index (χ4v) is 2.04. The van der Waals surface area contributed by atoms with Crippen LogP contribution < -0.4 is 5.32 Å². The summed E-state index contributed by atoms with van der Waals surface area (Å²) in [6.07, 6.45) is 0.999. The highest BCUT2D eigenvalue weighted by Crippen LogP contribution is 2.14. The molecule has 1 aromatic rings. The zero-order valence-electron chi connectivity index (χ0n) is 12.9. The number of carbonyl (C=O) groups excluding carboxylic acids is 1. The average molecular weight is 292 g/mol. The molecule has 1 rings (SSSR count). The number of hydrogen-bond donors (Lipinski definition) is 2. The van der Waals surface area contributed by atoms with Gasteiger partial charge in [0.25, 0.3) is 0 Å². The van der Waals surface area contributed by atoms with E-state index in [-0.39, 0.29) is 12.6 Å². The summed E-state index contributed by atoms with van der Waals surface area (Å²) < 4.78 is 0. The molecule has 1 aromatic carbocycles. The van der Waals surface area contributed by atoms with Crippen LogP contribution in [0.4, 0.5) is 4.79 Å². The zero-order valence-corrected chi connectivity index (χ0v) is 12.9. The molecule has 0 saturated heterocycles. The second-order valence-electron chi connectivity index (χ2n) is 5.38. The second-order valence-corrected chi connectivity index (χ2v) is 5.38. The summed E-state index contributed by atoms with van der Waals surface area (Å²) in [7, 11) is 1.72. The number of urea groups is 1. The van der Waals surface area contributed by atoms with Crippen LogP contribution in [0, 0.1) is 5.92 Å². The molecule has 2 atom stereocenters. The van der Waals surface area contributed by atoms with E-state index in [1.165, 1.54) is 0 Å². The Balaban J connectivity index is 2.58. The monoisotopic (exact) mass is 292 g/mol. The molecule has 5 nitrogen and oxygen atoms in total. The molecular formula is C16H24N2O3. The lowest BCUT2D eigenvalue weighted by molar-refractivity contribution is -0.138. The van der Waals surface area contributed by atoms with E-state index in [0.717, 1.165) is 6.42 Å². The summed E-state index contributed by atoms with van der Waals surface area (Å²) in [4.78, 5) is 24.9. The summed E-state index contributed by atoms with van der Waals surface area (Å²) in [6.45, 7) is 4.90. The van der Waals surface area contributed by atoms with E-state index in [0.29, 0.717) is 18.0 Å². The fraction of sp³-hybridized carbons (Fsp3) is 0.500. The van der Waals surface area contributed by atoms with E-state index >= 15 is 0 Å². The number of nitrogens with one attached hydrogen (secondary N) is 1. The van der Waals surface area contributed by atoms with Crippen molar-refractivity contribution in [3.63, 3.8) is 0 Å². The highest BCUT2D eigenvalue weighted by atomic mass is 16.4. The predicted molar refractivity (Wildman–Crippen MR) is 82.3 cm³/mol. The van der Waals surface area contributed by atoms with Crippen molar-refractivity contribution in [1.29, 1.82) is 0 Å². The molecule has 2 N–H and O–H groups in total. The minimum Gasteiger partial charge on any atom is -0.481 e. The van der Waals surface area contributed by atoms with Gasteiger partial charge in [0.05, 0.1) is 5.92 Å². The normalized spacial score (nSPS) is 13.3. The van der Waals surface area contributed by atoms with Crippen LogP contribution in [0.5, 0.6) is 0 Å². The number of nitrogens with zero attached hydrogens (tertiary/aromatic N) is 1. The van der Waals surface area contributed by atoms with E-state index in [4.69, 9.17) is 0 Å². The molecule has 0 aliphatic carbocycles. The number of aliphatic carboxylic acids is 1. The summed E-state index contributed by atoms with van der Waals surface area (Å²) in [6, 6.07) is 8.70. The van der Waals surface area contributed by atoms with Gasteiger partial charge in [0.1, 0.15) is 0 Å². The largest absolute Gasteiger partial charge is 0.481 e. The molecule has 2 amide bonds. The smallest absolute Gasteiger partial charge is 0.317 e. The van der Waals surface area contributed by atoms with Crippen LogP contribution in [-0.4, -0.2) is 42.1 Å². The van der Waals surface area contributed by atoms with Crippen LogP contribution in [-0.2, 0) is 4.79 Å². The van der Waals surface area contributed by atoms with Crippen LogP contribution in [0.3, 0.4) is 0 Å². The number of rotatable bonds is 7. The van der Waals surface area contributed by atoms with Gasteiger partial charge in [-0.25, -0.2) is 4.79 Å². The van der Waals surface area contributed by atoms with Crippen molar-refractivity contribution in [1.82, 2.24) is 10.2 Å². The number of hydrogen-bond acceptors (Lipinski definition) is 2. The van der Waals surface area contributed by atoms with Crippen molar-refractivity contribution in [2.75, 3.05) is 20.1 Å². The number of amides is 2. The third-order valence-corrected chi connectivity index (χ3v) is 3.59. The predicted octanol–water partition coefficient (Wildman–Crippen LogP) is 2.54. The standard InChI is InChI=1S/C16H24N2O3/c1-4-12(2)11-18(3)16(21)17-10-14(15(19)20)13-8-6-5-7-9-13/h5-9,12,14H,4,10-11H2,1-3H3,(H,17,21)(H,19,20). The lowest BCUT2D eigenvalue weighted by atomic mass is 9.99. The summed E-state index contributed by atoms with van der Waals surface area (Å²) in [5.74, 6) is -1.25. The Morgan fingerprint density at radius 1 is 1.29 bits per heavy atom. The van der Waals surface area contributed by atoms with Gasteiger partial charge in [-0.3, -0.25) is 4.79 Å². The topological polar surface area (TPSA) is 69.6 Å². The molecular weight excluding hydrogens is 268 g/mol. The maximum absolute atomic E-state index is 12.0. The molecule has 0 radical (unpaired) electrons. The Labute approximate surface area is 126 Å². The molecule has 0 aliphatic heterocycles. The van der Waals surface area contributed by atoms with Crippen molar-refractivity contribution in [3.8, 4) is 0 Å². The van der Waals surface area contributed by atoms with Gasteiger partial charge in [0.2, 0.25) is 0 Å². The maximum atomic E-state index is 12.0. The average Bonchev–Trinajstić information content (AvgIpc) is 2.47. The Bertz CT molecular complexity index is 462. The first-order valence-electron chi connectivity index (χ1n) is 7.22. The maximum Gasteiger partial charge on any atom is 0.317 e. The highest BCUT2D eigenvalue weighted by molar-refractivity contribution is 5.79. The lowest BCUT2D eigenvalue weighted by Gasteiger charge is -2.22. The molecule has 0 aliphatic rings. The zero-order chi connectivity index (χ0) is 15.8. The Kier molecular flexibility index (Phi) is 6.72. The van der Waals surface area contributed by atoms with Crippen molar-refractivity contribution in [3.05, 3.63) is 35.9 Å². The molecule has 0 heterocycles. The van der Waals surface area contributed by atoms with Crippen LogP contribution in [0.2, 0.25) is 0 Å². The van der Waals surface area contributed by atoms with Gasteiger partial charge >= 0.3 is 12.0 Å². The van der Waals surface area contributed by atoms with Gasteiger partial charge < -0.3 is 15.3 Å². The minimum absolute atomic E-state index is 0.0863. The summed E-state index contributed by atoms with van der Waals surface area (Å²) >= 11 is 0. The van der Waals surface area contributed by atoms with Crippen molar-refractivity contribution in [2.45, 2.75) is 26.2 Å². The number of carboxylic acids is 1. The minimum atomic E-state index is -0.939. The first kappa shape index (κ1) is 17.0. The van der Waals surface area contributed by atoms with Gasteiger partial charge in [0.15, 0.2) is 0 Å². The van der Waals surface area contributed by atoms with Crippen molar-refractivity contribution < 1.29 is 14.7 Å².